The third-order valence-electron chi connectivity index (χ3n) is 4.41. The zero-order valence-corrected chi connectivity index (χ0v) is 14.2. The van der Waals surface area contributed by atoms with E-state index >= 15 is 0 Å². The van der Waals surface area contributed by atoms with Crippen molar-refractivity contribution in [2.45, 2.75) is 53.5 Å². The van der Waals surface area contributed by atoms with Crippen LogP contribution in [0, 0.1) is 12.3 Å². The Morgan fingerprint density at radius 3 is 2.24 bits per heavy atom. The van der Waals surface area contributed by atoms with E-state index in [1.165, 1.54) is 5.56 Å². The van der Waals surface area contributed by atoms with Crippen LogP contribution in [0.5, 0.6) is 0 Å². The molecule has 0 bridgehead atoms. The molecule has 0 N–H and O–H groups in total. The van der Waals surface area contributed by atoms with Crippen LogP contribution in [0.3, 0.4) is 0 Å². The van der Waals surface area contributed by atoms with Gasteiger partial charge in [0.1, 0.15) is 0 Å². The van der Waals surface area contributed by atoms with Gasteiger partial charge < -0.3 is 4.90 Å². The SMILES string of the molecule is Cc1ccc(C(=O)C2=CN(C(C)(C)C)CCC2(C)C)cc1. The molecule has 0 aliphatic carbocycles. The Kier molecular flexibility index (Phi) is 4.01. The quantitative estimate of drug-likeness (QED) is 0.741. The minimum absolute atomic E-state index is 0.0509. The van der Waals surface area contributed by atoms with Crippen molar-refractivity contribution in [3.8, 4) is 0 Å². The predicted molar refractivity (Wildman–Crippen MR) is 88.4 cm³/mol. The van der Waals surface area contributed by atoms with Crippen LogP contribution < -0.4 is 0 Å². The Morgan fingerprint density at radius 1 is 1.14 bits per heavy atom. The van der Waals surface area contributed by atoms with Crippen LogP contribution in [-0.2, 0) is 0 Å². The lowest BCUT2D eigenvalue weighted by molar-refractivity contribution is 0.0964. The molecule has 1 heterocycles. The first-order valence-electron chi connectivity index (χ1n) is 7.72. The average molecular weight is 285 g/mol. The van der Waals surface area contributed by atoms with E-state index in [4.69, 9.17) is 0 Å². The number of hydrogen-bond donors (Lipinski definition) is 0. The van der Waals surface area contributed by atoms with Crippen LogP contribution in [0.1, 0.15) is 57.0 Å². The Bertz CT molecular complexity index is 558. The van der Waals surface area contributed by atoms with Gasteiger partial charge in [0, 0.05) is 29.4 Å². The molecule has 1 aromatic rings. The summed E-state index contributed by atoms with van der Waals surface area (Å²) in [6.07, 6.45) is 3.10. The molecule has 0 atom stereocenters. The lowest BCUT2D eigenvalue weighted by Gasteiger charge is -2.43. The van der Waals surface area contributed by atoms with Crippen LogP contribution in [0.4, 0.5) is 0 Å². The van der Waals surface area contributed by atoms with Crippen LogP contribution >= 0.6 is 0 Å². The number of benzene rings is 1. The number of ketones is 1. The van der Waals surface area contributed by atoms with Gasteiger partial charge in [0.05, 0.1) is 0 Å². The first-order valence-corrected chi connectivity index (χ1v) is 7.72. The molecule has 0 unspecified atom stereocenters. The highest BCUT2D eigenvalue weighted by Gasteiger charge is 2.35. The number of aryl methyl sites for hydroxylation is 1. The van der Waals surface area contributed by atoms with E-state index < -0.39 is 0 Å². The molecule has 114 valence electrons. The molecule has 1 aromatic carbocycles. The average Bonchev–Trinajstić information content (AvgIpc) is 2.37. The van der Waals surface area contributed by atoms with Gasteiger partial charge in [0.15, 0.2) is 5.78 Å². The summed E-state index contributed by atoms with van der Waals surface area (Å²) in [6.45, 7) is 14.0. The molecule has 0 aromatic heterocycles. The Hall–Kier alpha value is -1.57. The molecule has 21 heavy (non-hydrogen) atoms. The summed E-state index contributed by atoms with van der Waals surface area (Å²) >= 11 is 0. The number of rotatable bonds is 2. The van der Waals surface area contributed by atoms with E-state index in [-0.39, 0.29) is 16.7 Å². The van der Waals surface area contributed by atoms with Gasteiger partial charge in [-0.15, -0.1) is 0 Å². The minimum atomic E-state index is -0.0658. The van der Waals surface area contributed by atoms with Crippen LogP contribution in [0.15, 0.2) is 36.0 Å². The smallest absolute Gasteiger partial charge is 0.191 e. The van der Waals surface area contributed by atoms with E-state index in [1.54, 1.807) is 0 Å². The van der Waals surface area contributed by atoms with Crippen molar-refractivity contribution < 1.29 is 4.79 Å². The van der Waals surface area contributed by atoms with E-state index in [9.17, 15) is 4.79 Å². The van der Waals surface area contributed by atoms with Crippen molar-refractivity contribution in [2.75, 3.05) is 6.54 Å². The Morgan fingerprint density at radius 2 is 1.71 bits per heavy atom. The maximum absolute atomic E-state index is 12.9. The van der Waals surface area contributed by atoms with Gasteiger partial charge in [-0.2, -0.15) is 0 Å². The Balaban J connectivity index is 2.39. The van der Waals surface area contributed by atoms with Crippen LogP contribution in [-0.4, -0.2) is 22.8 Å². The van der Waals surface area contributed by atoms with Crippen molar-refractivity contribution in [1.82, 2.24) is 4.90 Å². The van der Waals surface area contributed by atoms with Crippen molar-refractivity contribution in [1.29, 1.82) is 0 Å². The highest BCUT2D eigenvalue weighted by Crippen LogP contribution is 2.38. The molecule has 2 nitrogen and oxygen atoms in total. The summed E-state index contributed by atoms with van der Waals surface area (Å²) in [5, 5.41) is 0. The highest BCUT2D eigenvalue weighted by molar-refractivity contribution is 6.09. The summed E-state index contributed by atoms with van der Waals surface area (Å²) < 4.78 is 0. The maximum Gasteiger partial charge on any atom is 0.191 e. The number of nitrogens with zero attached hydrogens (tertiary/aromatic N) is 1. The molecule has 1 aliphatic rings. The summed E-state index contributed by atoms with van der Waals surface area (Å²) in [6, 6.07) is 7.88. The van der Waals surface area contributed by atoms with E-state index in [2.05, 4.69) is 45.7 Å². The molecular formula is C19H27NO. The topological polar surface area (TPSA) is 20.3 Å². The van der Waals surface area contributed by atoms with Crippen LogP contribution in [0.25, 0.3) is 0 Å². The third kappa shape index (κ3) is 3.37. The lowest BCUT2D eigenvalue weighted by atomic mass is 9.75. The fourth-order valence-electron chi connectivity index (χ4n) is 2.69. The highest BCUT2D eigenvalue weighted by atomic mass is 16.1. The second kappa shape index (κ2) is 5.32. The molecule has 0 saturated heterocycles. The zero-order valence-electron chi connectivity index (χ0n) is 14.2. The molecule has 2 heteroatoms. The number of hydrogen-bond acceptors (Lipinski definition) is 2. The summed E-state index contributed by atoms with van der Waals surface area (Å²) in [7, 11) is 0. The van der Waals surface area contributed by atoms with Gasteiger partial charge in [0.25, 0.3) is 0 Å². The molecular weight excluding hydrogens is 258 g/mol. The predicted octanol–water partition coefficient (Wildman–Crippen LogP) is 4.59. The third-order valence-corrected chi connectivity index (χ3v) is 4.41. The summed E-state index contributed by atoms with van der Waals surface area (Å²) in [4.78, 5) is 15.2. The number of Topliss-reactive ketones (excluding diaryl/α,β-unsaturated/α-hetero) is 1. The van der Waals surface area contributed by atoms with E-state index in [0.717, 1.165) is 24.1 Å². The molecule has 2 rings (SSSR count). The van der Waals surface area contributed by atoms with Gasteiger partial charge in [-0.25, -0.2) is 0 Å². The monoisotopic (exact) mass is 285 g/mol. The van der Waals surface area contributed by atoms with Crippen molar-refractivity contribution in [3.63, 3.8) is 0 Å². The molecule has 0 amide bonds. The largest absolute Gasteiger partial charge is 0.372 e. The molecule has 0 spiro atoms. The molecule has 1 aliphatic heterocycles. The van der Waals surface area contributed by atoms with Gasteiger partial charge in [-0.05, 0) is 39.5 Å². The first kappa shape index (κ1) is 15.8. The van der Waals surface area contributed by atoms with E-state index in [1.807, 2.05) is 31.2 Å². The van der Waals surface area contributed by atoms with Crippen molar-refractivity contribution in [2.24, 2.45) is 5.41 Å². The fraction of sp³-hybridized carbons (Fsp3) is 0.526. The van der Waals surface area contributed by atoms with Crippen molar-refractivity contribution >= 4 is 5.78 Å². The molecule has 0 saturated carbocycles. The minimum Gasteiger partial charge on any atom is -0.372 e. The van der Waals surface area contributed by atoms with Gasteiger partial charge in [-0.3, -0.25) is 4.79 Å². The normalized spacial score (nSPS) is 18.4. The second-order valence-corrected chi connectivity index (χ2v) is 7.74. The number of carbonyl (C=O) groups is 1. The number of carbonyl (C=O) groups excluding carboxylic acids is 1. The summed E-state index contributed by atoms with van der Waals surface area (Å²) in [5.41, 5.74) is 2.88. The zero-order chi connectivity index (χ0) is 15.8. The van der Waals surface area contributed by atoms with E-state index in [0.29, 0.717) is 0 Å². The summed E-state index contributed by atoms with van der Waals surface area (Å²) in [5.74, 6) is 0.161. The van der Waals surface area contributed by atoms with Gasteiger partial charge in [-0.1, -0.05) is 43.7 Å². The molecule has 0 fully saturated rings. The second-order valence-electron chi connectivity index (χ2n) is 7.74. The van der Waals surface area contributed by atoms with Gasteiger partial charge in [0.2, 0.25) is 0 Å². The standard InChI is InChI=1S/C19H27NO/c1-14-7-9-15(10-8-14)17(21)16-13-20(18(2,3)4)12-11-19(16,5)6/h7-10,13H,11-12H2,1-6H3. The van der Waals surface area contributed by atoms with Crippen LogP contribution in [0.2, 0.25) is 0 Å². The van der Waals surface area contributed by atoms with Gasteiger partial charge >= 0.3 is 0 Å². The molecule has 0 radical (unpaired) electrons. The lowest BCUT2D eigenvalue weighted by Crippen LogP contribution is -2.44. The van der Waals surface area contributed by atoms with Crippen molar-refractivity contribution in [3.05, 3.63) is 47.2 Å². The number of allylic oxidation sites excluding steroid dienone is 1. The first-order chi connectivity index (χ1) is 9.61. The maximum atomic E-state index is 12.9. The fourth-order valence-corrected chi connectivity index (χ4v) is 2.69. The Labute approximate surface area is 128 Å².